The first kappa shape index (κ1) is 22.2. The highest BCUT2D eigenvalue weighted by Crippen LogP contribution is 2.40. The molecule has 5 nitrogen and oxygen atoms in total. The lowest BCUT2D eigenvalue weighted by Gasteiger charge is -2.08. The first-order valence-electron chi connectivity index (χ1n) is 9.62. The number of rotatable bonds is 7. The van der Waals surface area contributed by atoms with Gasteiger partial charge in [0, 0.05) is 16.5 Å². The summed E-state index contributed by atoms with van der Waals surface area (Å²) in [5, 5.41) is 3.16. The van der Waals surface area contributed by atoms with Crippen LogP contribution >= 0.6 is 11.3 Å². The number of nitrogens with one attached hydrogen (secondary N) is 1. The molecule has 0 aliphatic heterocycles. The van der Waals surface area contributed by atoms with Crippen molar-refractivity contribution in [2.75, 3.05) is 19.0 Å². The Kier molecular flexibility index (Phi) is 7.20. The van der Waals surface area contributed by atoms with Crippen LogP contribution in [0.3, 0.4) is 0 Å². The van der Waals surface area contributed by atoms with Crippen molar-refractivity contribution in [3.63, 3.8) is 0 Å². The van der Waals surface area contributed by atoms with E-state index in [0.29, 0.717) is 21.9 Å². The predicted octanol–water partition coefficient (Wildman–Crippen LogP) is 5.70. The largest absolute Gasteiger partial charge is 0.497 e. The van der Waals surface area contributed by atoms with E-state index >= 15 is 0 Å². The minimum absolute atomic E-state index is 0.194. The van der Waals surface area contributed by atoms with Gasteiger partial charge in [-0.05, 0) is 55.3 Å². The summed E-state index contributed by atoms with van der Waals surface area (Å²) in [6.45, 7) is 3.75. The second kappa shape index (κ2) is 10.0. The van der Waals surface area contributed by atoms with Gasteiger partial charge in [-0.3, -0.25) is 4.79 Å². The highest BCUT2D eigenvalue weighted by Gasteiger charge is 2.25. The predicted molar refractivity (Wildman–Crippen MR) is 121 cm³/mol. The number of anilines is 1. The summed E-state index contributed by atoms with van der Waals surface area (Å²) in [6.07, 6.45) is 3.04. The highest BCUT2D eigenvalue weighted by atomic mass is 32.1. The molecule has 0 saturated carbocycles. The molecule has 3 rings (SSSR count). The molecule has 160 valence electrons. The van der Waals surface area contributed by atoms with Crippen molar-refractivity contribution < 1.29 is 23.5 Å². The summed E-state index contributed by atoms with van der Waals surface area (Å²) in [7, 11) is 1.57. The van der Waals surface area contributed by atoms with Crippen LogP contribution in [0.1, 0.15) is 27.7 Å². The van der Waals surface area contributed by atoms with Crippen molar-refractivity contribution in [3.8, 4) is 16.9 Å². The standard InChI is InChI=1S/C24H22FNO4S/c1-4-30-24(28)22-21(17-9-11-18(25)12-10-17)15(2)31-23(22)26-20(27)13-8-16-6-5-7-19(14-16)29-3/h5-14H,4H2,1-3H3,(H,26,27)/b13-8+. The summed E-state index contributed by atoms with van der Waals surface area (Å²) in [6, 6.07) is 13.1. The molecule has 7 heteroatoms. The Morgan fingerprint density at radius 3 is 2.58 bits per heavy atom. The van der Waals surface area contributed by atoms with Gasteiger partial charge in [0.1, 0.15) is 22.1 Å². The van der Waals surface area contributed by atoms with Crippen LogP contribution in [0.4, 0.5) is 9.39 Å². The summed E-state index contributed by atoms with van der Waals surface area (Å²) >= 11 is 1.27. The normalized spacial score (nSPS) is 10.8. The number of esters is 1. The molecule has 0 aliphatic carbocycles. The Morgan fingerprint density at radius 2 is 1.90 bits per heavy atom. The van der Waals surface area contributed by atoms with Gasteiger partial charge in [0.25, 0.3) is 0 Å². The molecule has 0 saturated heterocycles. The lowest BCUT2D eigenvalue weighted by atomic mass is 10.0. The SMILES string of the molecule is CCOC(=O)c1c(NC(=O)/C=C/c2cccc(OC)c2)sc(C)c1-c1ccc(F)cc1. The van der Waals surface area contributed by atoms with Gasteiger partial charge in [-0.1, -0.05) is 24.3 Å². The zero-order chi connectivity index (χ0) is 22.4. The number of carbonyl (C=O) groups excluding carboxylic acids is 2. The molecule has 1 aromatic heterocycles. The van der Waals surface area contributed by atoms with Crippen LogP contribution in [-0.2, 0) is 9.53 Å². The minimum Gasteiger partial charge on any atom is -0.497 e. The van der Waals surface area contributed by atoms with E-state index in [9.17, 15) is 14.0 Å². The van der Waals surface area contributed by atoms with Crippen LogP contribution in [-0.4, -0.2) is 25.6 Å². The average molecular weight is 440 g/mol. The second-order valence-electron chi connectivity index (χ2n) is 6.56. The minimum atomic E-state index is -0.543. The fourth-order valence-corrected chi connectivity index (χ4v) is 4.13. The van der Waals surface area contributed by atoms with Crippen molar-refractivity contribution in [3.05, 3.63) is 76.4 Å². The molecule has 1 heterocycles. The fourth-order valence-electron chi connectivity index (χ4n) is 3.07. The van der Waals surface area contributed by atoms with Crippen LogP contribution in [0.25, 0.3) is 17.2 Å². The Labute approximate surface area is 184 Å². The smallest absolute Gasteiger partial charge is 0.341 e. The zero-order valence-corrected chi connectivity index (χ0v) is 18.2. The molecule has 2 aromatic carbocycles. The lowest BCUT2D eigenvalue weighted by Crippen LogP contribution is -2.12. The maximum atomic E-state index is 13.4. The molecule has 0 bridgehead atoms. The van der Waals surface area contributed by atoms with Crippen molar-refractivity contribution in [2.45, 2.75) is 13.8 Å². The Balaban J connectivity index is 1.92. The van der Waals surface area contributed by atoms with E-state index in [1.54, 1.807) is 38.3 Å². The fraction of sp³-hybridized carbons (Fsp3) is 0.167. The van der Waals surface area contributed by atoms with E-state index < -0.39 is 5.97 Å². The van der Waals surface area contributed by atoms with Crippen molar-refractivity contribution in [1.82, 2.24) is 0 Å². The highest BCUT2D eigenvalue weighted by molar-refractivity contribution is 7.17. The third-order valence-electron chi connectivity index (χ3n) is 4.45. The maximum Gasteiger partial charge on any atom is 0.341 e. The number of thiophene rings is 1. The van der Waals surface area contributed by atoms with Gasteiger partial charge in [0.2, 0.25) is 5.91 Å². The van der Waals surface area contributed by atoms with Crippen LogP contribution < -0.4 is 10.1 Å². The summed E-state index contributed by atoms with van der Waals surface area (Å²) in [5.74, 6) is -0.617. The molecule has 3 aromatic rings. The molecule has 0 fully saturated rings. The molecular formula is C24H22FNO4S. The molecular weight excluding hydrogens is 417 g/mol. The molecule has 31 heavy (non-hydrogen) atoms. The molecule has 0 unspecified atom stereocenters. The summed E-state index contributed by atoms with van der Waals surface area (Å²) in [4.78, 5) is 26.1. The second-order valence-corrected chi connectivity index (χ2v) is 7.79. The number of carbonyl (C=O) groups is 2. The van der Waals surface area contributed by atoms with Gasteiger partial charge in [0.05, 0.1) is 13.7 Å². The maximum absolute atomic E-state index is 13.4. The zero-order valence-electron chi connectivity index (χ0n) is 17.4. The molecule has 1 amide bonds. The summed E-state index contributed by atoms with van der Waals surface area (Å²) < 4.78 is 23.8. The molecule has 0 spiro atoms. The van der Waals surface area contributed by atoms with Gasteiger partial charge in [-0.25, -0.2) is 9.18 Å². The lowest BCUT2D eigenvalue weighted by molar-refractivity contribution is -0.111. The van der Waals surface area contributed by atoms with E-state index in [0.717, 1.165) is 10.4 Å². The number of benzene rings is 2. The van der Waals surface area contributed by atoms with E-state index in [1.165, 1.54) is 29.5 Å². The van der Waals surface area contributed by atoms with E-state index in [-0.39, 0.29) is 23.9 Å². The number of methoxy groups -OCH3 is 1. The molecule has 1 N–H and O–H groups in total. The van der Waals surface area contributed by atoms with Crippen LogP contribution in [0.2, 0.25) is 0 Å². The molecule has 0 radical (unpaired) electrons. The van der Waals surface area contributed by atoms with Crippen molar-refractivity contribution in [2.24, 2.45) is 0 Å². The van der Waals surface area contributed by atoms with Gasteiger partial charge in [0.15, 0.2) is 0 Å². The van der Waals surface area contributed by atoms with E-state index in [4.69, 9.17) is 9.47 Å². The van der Waals surface area contributed by atoms with Crippen LogP contribution in [0.15, 0.2) is 54.6 Å². The third kappa shape index (κ3) is 5.38. The number of hydrogen-bond acceptors (Lipinski definition) is 5. The van der Waals surface area contributed by atoms with E-state index in [1.807, 2.05) is 25.1 Å². The Morgan fingerprint density at radius 1 is 1.16 bits per heavy atom. The Hall–Kier alpha value is -3.45. The van der Waals surface area contributed by atoms with E-state index in [2.05, 4.69) is 5.32 Å². The van der Waals surface area contributed by atoms with Gasteiger partial charge in [-0.15, -0.1) is 11.3 Å². The first-order chi connectivity index (χ1) is 14.9. The number of ether oxygens (including phenoxy) is 2. The monoisotopic (exact) mass is 439 g/mol. The van der Waals surface area contributed by atoms with Gasteiger partial charge < -0.3 is 14.8 Å². The third-order valence-corrected chi connectivity index (χ3v) is 5.48. The molecule has 0 aliphatic rings. The number of hydrogen-bond donors (Lipinski definition) is 1. The topological polar surface area (TPSA) is 64.6 Å². The van der Waals surface area contributed by atoms with Crippen LogP contribution in [0.5, 0.6) is 5.75 Å². The van der Waals surface area contributed by atoms with Gasteiger partial charge in [-0.2, -0.15) is 0 Å². The van der Waals surface area contributed by atoms with Gasteiger partial charge >= 0.3 is 5.97 Å². The summed E-state index contributed by atoms with van der Waals surface area (Å²) in [5.41, 5.74) is 2.36. The molecule has 0 atom stereocenters. The number of aryl methyl sites for hydroxylation is 1. The van der Waals surface area contributed by atoms with Crippen molar-refractivity contribution >= 4 is 34.3 Å². The number of halogens is 1. The van der Waals surface area contributed by atoms with Crippen LogP contribution in [0, 0.1) is 12.7 Å². The quantitative estimate of drug-likeness (QED) is 0.379. The van der Waals surface area contributed by atoms with Crippen molar-refractivity contribution in [1.29, 1.82) is 0 Å². The first-order valence-corrected chi connectivity index (χ1v) is 10.4. The average Bonchev–Trinajstić information content (AvgIpc) is 3.08. The number of amides is 1. The Bertz CT molecular complexity index is 1120.